The van der Waals surface area contributed by atoms with E-state index in [2.05, 4.69) is 5.32 Å². The number of ketones is 1. The zero-order valence-corrected chi connectivity index (χ0v) is 12.4. The Kier molecular flexibility index (Phi) is 4.83. The smallest absolute Gasteiger partial charge is 0.187 e. The van der Waals surface area contributed by atoms with Gasteiger partial charge in [-0.1, -0.05) is 59.6 Å². The topological polar surface area (TPSA) is 29.1 Å². The highest BCUT2D eigenvalue weighted by atomic mass is 35.5. The Morgan fingerprint density at radius 2 is 1.75 bits per heavy atom. The summed E-state index contributed by atoms with van der Waals surface area (Å²) in [5, 5.41) is 3.99. The predicted molar refractivity (Wildman–Crippen MR) is 84.6 cm³/mol. The van der Waals surface area contributed by atoms with Crippen LogP contribution >= 0.6 is 23.2 Å². The molecule has 102 valence electrons. The molecule has 0 saturated heterocycles. The molecule has 0 heterocycles. The fourth-order valence-corrected chi connectivity index (χ4v) is 2.08. The van der Waals surface area contributed by atoms with Crippen LogP contribution in [0.5, 0.6) is 0 Å². The lowest BCUT2D eigenvalue weighted by Gasteiger charge is -2.09. The molecule has 0 aliphatic heterocycles. The van der Waals surface area contributed by atoms with Crippen molar-refractivity contribution < 1.29 is 4.79 Å². The van der Waals surface area contributed by atoms with Gasteiger partial charge in [-0.2, -0.15) is 0 Å². The summed E-state index contributed by atoms with van der Waals surface area (Å²) in [6.45, 7) is 1.80. The maximum Gasteiger partial charge on any atom is 0.187 e. The number of allylic oxidation sites excluding steroid dienone is 2. The average molecular weight is 306 g/mol. The minimum Gasteiger partial charge on any atom is -0.358 e. The zero-order chi connectivity index (χ0) is 14.5. The molecule has 0 atom stereocenters. The van der Waals surface area contributed by atoms with Crippen LogP contribution in [-0.2, 0) is 0 Å². The number of rotatable bonds is 4. The number of carbonyl (C=O) groups is 1. The fraction of sp³-hybridized carbons (Fsp3) is 0.0625. The molecule has 0 radical (unpaired) electrons. The van der Waals surface area contributed by atoms with Crippen LogP contribution < -0.4 is 5.32 Å². The number of hydrogen-bond acceptors (Lipinski definition) is 2. The van der Waals surface area contributed by atoms with Gasteiger partial charge < -0.3 is 5.32 Å². The number of anilines is 1. The Bertz CT molecular complexity index is 651. The van der Waals surface area contributed by atoms with E-state index in [0.717, 1.165) is 0 Å². The van der Waals surface area contributed by atoms with E-state index in [1.807, 2.05) is 18.2 Å². The van der Waals surface area contributed by atoms with Gasteiger partial charge in [-0.15, -0.1) is 0 Å². The van der Waals surface area contributed by atoms with E-state index in [-0.39, 0.29) is 5.78 Å². The highest BCUT2D eigenvalue weighted by Gasteiger charge is 2.06. The van der Waals surface area contributed by atoms with Crippen LogP contribution in [-0.4, -0.2) is 5.78 Å². The maximum absolute atomic E-state index is 12.0. The third kappa shape index (κ3) is 3.62. The van der Waals surface area contributed by atoms with Crippen LogP contribution in [0.4, 0.5) is 5.69 Å². The summed E-state index contributed by atoms with van der Waals surface area (Å²) < 4.78 is 0. The molecule has 0 aliphatic rings. The molecule has 0 amide bonds. The lowest BCUT2D eigenvalue weighted by atomic mass is 10.1. The summed E-state index contributed by atoms with van der Waals surface area (Å²) in [4.78, 5) is 12.0. The lowest BCUT2D eigenvalue weighted by molar-refractivity contribution is 0.104. The van der Waals surface area contributed by atoms with Crippen molar-refractivity contribution in [1.82, 2.24) is 0 Å². The summed E-state index contributed by atoms with van der Waals surface area (Å²) >= 11 is 12.0. The van der Waals surface area contributed by atoms with Gasteiger partial charge in [0, 0.05) is 17.3 Å². The van der Waals surface area contributed by atoms with E-state index in [1.54, 1.807) is 37.3 Å². The van der Waals surface area contributed by atoms with Crippen molar-refractivity contribution in [2.75, 3.05) is 5.32 Å². The number of halogens is 2. The first-order chi connectivity index (χ1) is 9.58. The first-order valence-electron chi connectivity index (χ1n) is 6.06. The first-order valence-corrected chi connectivity index (χ1v) is 6.82. The highest BCUT2D eigenvalue weighted by Crippen LogP contribution is 2.30. The summed E-state index contributed by atoms with van der Waals surface area (Å²) in [6.07, 6.45) is 1.53. The Hall–Kier alpha value is -1.77. The maximum atomic E-state index is 12.0. The van der Waals surface area contributed by atoms with Crippen molar-refractivity contribution in [3.63, 3.8) is 0 Å². The number of nitrogens with one attached hydrogen (secondary N) is 1. The molecule has 4 heteroatoms. The number of benzene rings is 2. The van der Waals surface area contributed by atoms with Crippen LogP contribution in [0.1, 0.15) is 17.3 Å². The van der Waals surface area contributed by atoms with Crippen molar-refractivity contribution in [3.8, 4) is 0 Å². The van der Waals surface area contributed by atoms with Crippen molar-refractivity contribution in [2.45, 2.75) is 6.92 Å². The van der Waals surface area contributed by atoms with Crippen molar-refractivity contribution in [3.05, 3.63) is 75.9 Å². The van der Waals surface area contributed by atoms with Crippen LogP contribution in [0.15, 0.2) is 60.3 Å². The molecule has 1 N–H and O–H groups in total. The normalized spacial score (nSPS) is 11.2. The van der Waals surface area contributed by atoms with Crippen LogP contribution in [0, 0.1) is 0 Å². The van der Waals surface area contributed by atoms with Gasteiger partial charge in [0.1, 0.15) is 0 Å². The van der Waals surface area contributed by atoms with Crippen LogP contribution in [0.2, 0.25) is 10.0 Å². The molecule has 20 heavy (non-hydrogen) atoms. The van der Waals surface area contributed by atoms with Gasteiger partial charge in [0.2, 0.25) is 0 Å². The molecule has 2 aromatic rings. The van der Waals surface area contributed by atoms with Gasteiger partial charge in [0.05, 0.1) is 15.7 Å². The largest absolute Gasteiger partial charge is 0.358 e. The van der Waals surface area contributed by atoms with Crippen LogP contribution in [0.3, 0.4) is 0 Å². The molecule has 0 saturated carbocycles. The quantitative estimate of drug-likeness (QED) is 0.622. The predicted octanol–water partition coefficient (Wildman–Crippen LogP) is 5.19. The minimum atomic E-state index is -0.0613. The molecule has 0 unspecified atom stereocenters. The Balaban J connectivity index is 2.16. The summed E-state index contributed by atoms with van der Waals surface area (Å²) in [5.41, 5.74) is 2.02. The molecule has 2 aromatic carbocycles. The van der Waals surface area contributed by atoms with Gasteiger partial charge in [-0.05, 0) is 19.1 Å². The average Bonchev–Trinajstić information content (AvgIpc) is 2.45. The van der Waals surface area contributed by atoms with Crippen molar-refractivity contribution >= 4 is 34.7 Å². The van der Waals surface area contributed by atoms with E-state index in [1.165, 1.54) is 6.08 Å². The molecule has 0 bridgehead atoms. The van der Waals surface area contributed by atoms with E-state index in [4.69, 9.17) is 23.2 Å². The molecule has 0 aromatic heterocycles. The van der Waals surface area contributed by atoms with Gasteiger partial charge in [-0.3, -0.25) is 4.79 Å². The van der Waals surface area contributed by atoms with E-state index in [9.17, 15) is 4.79 Å². The lowest BCUT2D eigenvalue weighted by Crippen LogP contribution is -2.01. The van der Waals surface area contributed by atoms with Crippen LogP contribution in [0.25, 0.3) is 0 Å². The SMILES string of the molecule is CC(=CC(=O)c1ccccc1)Nc1cccc(Cl)c1Cl. The summed E-state index contributed by atoms with van der Waals surface area (Å²) in [7, 11) is 0. The summed E-state index contributed by atoms with van der Waals surface area (Å²) in [6, 6.07) is 14.4. The van der Waals surface area contributed by atoms with E-state index < -0.39 is 0 Å². The minimum absolute atomic E-state index is 0.0613. The Morgan fingerprint density at radius 3 is 2.45 bits per heavy atom. The molecule has 0 spiro atoms. The van der Waals surface area contributed by atoms with Gasteiger partial charge in [0.15, 0.2) is 5.78 Å². The third-order valence-corrected chi connectivity index (χ3v) is 3.51. The molecule has 2 rings (SSSR count). The molecule has 0 aliphatic carbocycles. The van der Waals surface area contributed by atoms with Crippen molar-refractivity contribution in [1.29, 1.82) is 0 Å². The van der Waals surface area contributed by atoms with E-state index in [0.29, 0.717) is 27.0 Å². The number of hydrogen-bond donors (Lipinski definition) is 1. The standard InChI is InChI=1S/C16H13Cl2NO/c1-11(10-15(20)12-6-3-2-4-7-12)19-14-9-5-8-13(17)16(14)18/h2-10,19H,1H3. The second-order valence-electron chi connectivity index (χ2n) is 4.28. The second-order valence-corrected chi connectivity index (χ2v) is 5.07. The Morgan fingerprint density at radius 1 is 1.05 bits per heavy atom. The monoisotopic (exact) mass is 305 g/mol. The number of carbonyl (C=O) groups excluding carboxylic acids is 1. The molecule has 0 fully saturated rings. The van der Waals surface area contributed by atoms with Gasteiger partial charge >= 0.3 is 0 Å². The third-order valence-electron chi connectivity index (χ3n) is 2.69. The van der Waals surface area contributed by atoms with Gasteiger partial charge in [-0.25, -0.2) is 0 Å². The molecular weight excluding hydrogens is 293 g/mol. The van der Waals surface area contributed by atoms with Crippen molar-refractivity contribution in [2.24, 2.45) is 0 Å². The van der Waals surface area contributed by atoms with E-state index >= 15 is 0 Å². The molecular formula is C16H13Cl2NO. The highest BCUT2D eigenvalue weighted by molar-refractivity contribution is 6.43. The zero-order valence-electron chi connectivity index (χ0n) is 10.9. The second kappa shape index (κ2) is 6.60. The molecule has 2 nitrogen and oxygen atoms in total. The Labute approximate surface area is 128 Å². The van der Waals surface area contributed by atoms with Gasteiger partial charge in [0.25, 0.3) is 0 Å². The first kappa shape index (κ1) is 14.6. The summed E-state index contributed by atoms with van der Waals surface area (Å²) in [5.74, 6) is -0.0613. The fourth-order valence-electron chi connectivity index (χ4n) is 1.73.